The Kier molecular flexibility index (Phi) is 5.26. The number of nitrogens with one attached hydrogen (secondary N) is 1. The molecule has 1 atom stereocenters. The Balaban J connectivity index is 1.33. The predicted octanol–water partition coefficient (Wildman–Crippen LogP) is 4.98. The van der Waals surface area contributed by atoms with Crippen LogP contribution in [0.15, 0.2) is 102 Å². The molecule has 2 heterocycles. The van der Waals surface area contributed by atoms with Crippen molar-refractivity contribution in [2.45, 2.75) is 12.5 Å². The normalized spacial score (nSPS) is 17.2. The van der Waals surface area contributed by atoms with Crippen molar-refractivity contribution in [1.29, 1.82) is 0 Å². The van der Waals surface area contributed by atoms with Crippen molar-refractivity contribution in [3.05, 3.63) is 108 Å². The van der Waals surface area contributed by atoms with Crippen LogP contribution in [0.3, 0.4) is 0 Å². The van der Waals surface area contributed by atoms with Gasteiger partial charge in [0.1, 0.15) is 0 Å². The second kappa shape index (κ2) is 8.72. The molecule has 0 aliphatic carbocycles. The third-order valence-electron chi connectivity index (χ3n) is 6.61. The molecule has 2 amide bonds. The van der Waals surface area contributed by atoms with Gasteiger partial charge in [0.25, 0.3) is 5.91 Å². The third kappa shape index (κ3) is 4.04. The zero-order valence-corrected chi connectivity index (χ0v) is 19.1. The first-order valence-corrected chi connectivity index (χ1v) is 11.7. The van der Waals surface area contributed by atoms with E-state index in [-0.39, 0.29) is 30.9 Å². The molecular weight excluding hydrogens is 436 g/mol. The molecule has 0 bridgehead atoms. The first-order chi connectivity index (χ1) is 17.2. The van der Waals surface area contributed by atoms with Crippen molar-refractivity contribution >= 4 is 39.7 Å². The predicted molar refractivity (Wildman–Crippen MR) is 138 cm³/mol. The van der Waals surface area contributed by atoms with Crippen molar-refractivity contribution in [3.8, 4) is 0 Å². The number of hydrogen-bond donors (Lipinski definition) is 1. The lowest BCUT2D eigenvalue weighted by molar-refractivity contribution is -0.131. The molecule has 0 fully saturated rings. The minimum Gasteiger partial charge on any atom is -0.351 e. The first kappa shape index (κ1) is 21.1. The molecule has 0 aromatic heterocycles. The maximum atomic E-state index is 13.6. The van der Waals surface area contributed by atoms with Gasteiger partial charge in [-0.25, -0.2) is 5.01 Å². The molecule has 4 aromatic rings. The van der Waals surface area contributed by atoms with Gasteiger partial charge in [-0.3, -0.25) is 9.59 Å². The van der Waals surface area contributed by atoms with Gasteiger partial charge in [-0.05, 0) is 40.1 Å². The summed E-state index contributed by atoms with van der Waals surface area (Å²) in [6, 6.07) is 31.9. The van der Waals surface area contributed by atoms with E-state index < -0.39 is 0 Å². The van der Waals surface area contributed by atoms with E-state index in [1.54, 1.807) is 5.01 Å². The summed E-state index contributed by atoms with van der Waals surface area (Å²) in [5.41, 5.74) is 4.50. The maximum Gasteiger partial charge on any atom is 0.262 e. The number of para-hydroxylation sites is 2. The summed E-state index contributed by atoms with van der Waals surface area (Å²) in [5, 5.41) is 11.6. The van der Waals surface area contributed by atoms with Gasteiger partial charge in [-0.2, -0.15) is 5.10 Å². The van der Waals surface area contributed by atoms with Crippen LogP contribution in [-0.4, -0.2) is 35.6 Å². The van der Waals surface area contributed by atoms with E-state index in [2.05, 4.69) is 35.6 Å². The second-order valence-electron chi connectivity index (χ2n) is 8.90. The Morgan fingerprint density at radius 3 is 2.49 bits per heavy atom. The lowest BCUT2D eigenvalue weighted by Gasteiger charge is -2.32. The molecule has 6 heteroatoms. The number of carbonyl (C=O) groups is 2. The van der Waals surface area contributed by atoms with Crippen molar-refractivity contribution in [3.63, 3.8) is 0 Å². The van der Waals surface area contributed by atoms with Gasteiger partial charge in [0.2, 0.25) is 5.91 Å². The molecule has 2 aliphatic rings. The van der Waals surface area contributed by atoms with Crippen molar-refractivity contribution in [2.24, 2.45) is 5.10 Å². The van der Waals surface area contributed by atoms with E-state index in [0.29, 0.717) is 6.42 Å². The Morgan fingerprint density at radius 2 is 1.63 bits per heavy atom. The summed E-state index contributed by atoms with van der Waals surface area (Å²) in [6.07, 6.45) is 0.630. The summed E-state index contributed by atoms with van der Waals surface area (Å²) in [6.45, 7) is 0.204. The lowest BCUT2D eigenvalue weighted by atomic mass is 9.97. The van der Waals surface area contributed by atoms with Crippen LogP contribution in [0.5, 0.6) is 0 Å². The quantitative estimate of drug-likeness (QED) is 0.467. The lowest BCUT2D eigenvalue weighted by Crippen LogP contribution is -2.44. The van der Waals surface area contributed by atoms with Crippen molar-refractivity contribution in [2.75, 3.05) is 23.3 Å². The van der Waals surface area contributed by atoms with Crippen LogP contribution in [0.2, 0.25) is 0 Å². The zero-order valence-electron chi connectivity index (χ0n) is 19.1. The molecule has 1 N–H and O–H groups in total. The van der Waals surface area contributed by atoms with Gasteiger partial charge in [-0.1, -0.05) is 78.9 Å². The monoisotopic (exact) mass is 460 g/mol. The largest absolute Gasteiger partial charge is 0.351 e. The maximum absolute atomic E-state index is 13.6. The van der Waals surface area contributed by atoms with Crippen molar-refractivity contribution in [1.82, 2.24) is 5.01 Å². The highest BCUT2D eigenvalue weighted by atomic mass is 16.2. The summed E-state index contributed by atoms with van der Waals surface area (Å²) >= 11 is 0. The molecule has 0 saturated heterocycles. The SMILES string of the molecule is O=C1CN(CC(=O)N2N=C(c3ccc4ccccc4c3)CC2c2ccccc2)c2ccccc2N1. The smallest absolute Gasteiger partial charge is 0.262 e. The van der Waals surface area contributed by atoms with Crippen molar-refractivity contribution < 1.29 is 9.59 Å². The molecule has 172 valence electrons. The number of anilines is 2. The molecule has 2 aliphatic heterocycles. The van der Waals surface area contributed by atoms with Gasteiger partial charge >= 0.3 is 0 Å². The van der Waals surface area contributed by atoms with Crippen LogP contribution in [0.4, 0.5) is 11.4 Å². The molecule has 1 unspecified atom stereocenters. The Labute approximate surface area is 203 Å². The highest BCUT2D eigenvalue weighted by Gasteiger charge is 2.35. The van der Waals surface area contributed by atoms with Gasteiger partial charge in [0.05, 0.1) is 36.2 Å². The summed E-state index contributed by atoms with van der Waals surface area (Å²) in [4.78, 5) is 27.7. The standard InChI is InChI=1S/C29H24N4O2/c34-28-18-32(26-13-7-6-12-24(26)30-28)19-29(35)33-27(21-9-2-1-3-10-21)17-25(31-33)23-15-14-20-8-4-5-11-22(20)16-23/h1-16,27H,17-19H2,(H,30,34). The van der Waals surface area contributed by atoms with E-state index in [9.17, 15) is 9.59 Å². The van der Waals surface area contributed by atoms with Gasteiger partial charge in [0, 0.05) is 6.42 Å². The van der Waals surface area contributed by atoms with E-state index >= 15 is 0 Å². The number of hydrogen-bond acceptors (Lipinski definition) is 4. The fourth-order valence-corrected chi connectivity index (χ4v) is 4.90. The van der Waals surface area contributed by atoms with Crippen LogP contribution in [0.1, 0.15) is 23.6 Å². The van der Waals surface area contributed by atoms with Gasteiger partial charge < -0.3 is 10.2 Å². The van der Waals surface area contributed by atoms with E-state index in [1.807, 2.05) is 71.6 Å². The van der Waals surface area contributed by atoms with Crippen LogP contribution in [0, 0.1) is 0 Å². The zero-order chi connectivity index (χ0) is 23.8. The minimum absolute atomic E-state index is 0.0717. The van der Waals surface area contributed by atoms with Crippen LogP contribution < -0.4 is 10.2 Å². The van der Waals surface area contributed by atoms with Crippen LogP contribution in [-0.2, 0) is 9.59 Å². The Morgan fingerprint density at radius 1 is 0.886 bits per heavy atom. The number of fused-ring (bicyclic) bond motifs is 2. The molecule has 0 saturated carbocycles. The van der Waals surface area contributed by atoms with Crippen LogP contribution in [0.25, 0.3) is 10.8 Å². The fraction of sp³-hybridized carbons (Fsp3) is 0.138. The molecule has 35 heavy (non-hydrogen) atoms. The third-order valence-corrected chi connectivity index (χ3v) is 6.61. The number of benzene rings is 4. The summed E-state index contributed by atoms with van der Waals surface area (Å²) < 4.78 is 0. The molecule has 0 spiro atoms. The first-order valence-electron chi connectivity index (χ1n) is 11.7. The number of carbonyl (C=O) groups excluding carboxylic acids is 2. The highest BCUT2D eigenvalue weighted by Crippen LogP contribution is 2.34. The molecule has 0 radical (unpaired) electrons. The summed E-state index contributed by atoms with van der Waals surface area (Å²) in [7, 11) is 0. The van der Waals surface area contributed by atoms with E-state index in [0.717, 1.165) is 33.6 Å². The van der Waals surface area contributed by atoms with Gasteiger partial charge in [0.15, 0.2) is 0 Å². The Bertz CT molecular complexity index is 1460. The average Bonchev–Trinajstić information content (AvgIpc) is 3.35. The average molecular weight is 461 g/mol. The minimum atomic E-state index is -0.195. The second-order valence-corrected chi connectivity index (χ2v) is 8.90. The number of rotatable bonds is 4. The number of amides is 2. The molecular formula is C29H24N4O2. The molecule has 4 aromatic carbocycles. The van der Waals surface area contributed by atoms with E-state index in [4.69, 9.17) is 5.10 Å². The molecule has 6 rings (SSSR count). The van der Waals surface area contributed by atoms with Crippen LogP contribution >= 0.6 is 0 Å². The van der Waals surface area contributed by atoms with E-state index in [1.165, 1.54) is 5.39 Å². The number of nitrogens with zero attached hydrogens (tertiary/aromatic N) is 3. The number of hydrazone groups is 1. The Hall–Kier alpha value is -4.45. The summed E-state index contributed by atoms with van der Waals surface area (Å²) in [5.74, 6) is -0.267. The molecule has 6 nitrogen and oxygen atoms in total. The fourth-order valence-electron chi connectivity index (χ4n) is 4.90. The topological polar surface area (TPSA) is 65.0 Å². The van der Waals surface area contributed by atoms with Gasteiger partial charge in [-0.15, -0.1) is 0 Å². The highest BCUT2D eigenvalue weighted by molar-refractivity contribution is 6.06.